The number of fused-ring (bicyclic) bond motifs is 4. The van der Waals surface area contributed by atoms with E-state index in [4.69, 9.17) is 0 Å². The zero-order chi connectivity index (χ0) is 13.7. The van der Waals surface area contributed by atoms with E-state index in [0.717, 1.165) is 17.8 Å². The van der Waals surface area contributed by atoms with Crippen LogP contribution in [0.1, 0.15) is 64.7 Å². The minimum absolute atomic E-state index is 0.419. The van der Waals surface area contributed by atoms with Gasteiger partial charge in [-0.25, -0.2) is 0 Å². The van der Waals surface area contributed by atoms with E-state index in [0.29, 0.717) is 5.41 Å². The Hall–Kier alpha value is -0.780. The fraction of sp³-hybridized carbons (Fsp3) is 0.700. The average molecular weight is 268 g/mol. The lowest BCUT2D eigenvalue weighted by atomic mass is 9.63. The zero-order valence-corrected chi connectivity index (χ0v) is 13.0. The monoisotopic (exact) mass is 268 g/mol. The Morgan fingerprint density at radius 2 is 2.00 bits per heavy atom. The first kappa shape index (κ1) is 12.9. The van der Waals surface area contributed by atoms with Crippen LogP contribution in [0.15, 0.2) is 35.5 Å². The molecule has 0 radical (unpaired) electrons. The van der Waals surface area contributed by atoms with Gasteiger partial charge in [0.1, 0.15) is 0 Å². The van der Waals surface area contributed by atoms with E-state index >= 15 is 0 Å². The smallest absolute Gasteiger partial charge is 0.00502 e. The van der Waals surface area contributed by atoms with Crippen LogP contribution in [0.4, 0.5) is 0 Å². The molecule has 4 aliphatic rings. The van der Waals surface area contributed by atoms with Crippen molar-refractivity contribution in [1.82, 2.24) is 0 Å². The van der Waals surface area contributed by atoms with Crippen LogP contribution in [0, 0.1) is 23.2 Å². The lowest BCUT2D eigenvalue weighted by Gasteiger charge is -2.41. The van der Waals surface area contributed by atoms with Gasteiger partial charge in [0.2, 0.25) is 0 Å². The first-order valence-electron chi connectivity index (χ1n) is 8.77. The second-order valence-corrected chi connectivity index (χ2v) is 7.92. The molecule has 0 aromatic rings. The van der Waals surface area contributed by atoms with Gasteiger partial charge >= 0.3 is 0 Å². The van der Waals surface area contributed by atoms with Crippen LogP contribution < -0.4 is 0 Å². The van der Waals surface area contributed by atoms with E-state index in [-0.39, 0.29) is 0 Å². The standard InChI is InChI=1S/C20H28/c1-14-7-10-19-18-9-8-15-5-3-4-6-16(15)13-17(18)11-12-20(14,19)2/h11,13,15,18-19H,1,3-10,12H2,2H3. The molecule has 4 aliphatic carbocycles. The lowest BCUT2D eigenvalue weighted by molar-refractivity contribution is 0.184. The summed E-state index contributed by atoms with van der Waals surface area (Å²) in [7, 11) is 0. The quantitative estimate of drug-likeness (QED) is 0.486. The molecule has 4 atom stereocenters. The summed E-state index contributed by atoms with van der Waals surface area (Å²) < 4.78 is 0. The highest BCUT2D eigenvalue weighted by Gasteiger charge is 2.48. The molecule has 0 aromatic carbocycles. The van der Waals surface area contributed by atoms with E-state index in [1.165, 1.54) is 63.4 Å². The predicted octanol–water partition coefficient (Wildman–Crippen LogP) is 5.82. The first-order valence-corrected chi connectivity index (χ1v) is 8.77. The van der Waals surface area contributed by atoms with E-state index in [2.05, 4.69) is 25.7 Å². The summed E-state index contributed by atoms with van der Waals surface area (Å²) in [5.41, 5.74) is 5.46. The van der Waals surface area contributed by atoms with Gasteiger partial charge in [0.05, 0.1) is 0 Å². The second kappa shape index (κ2) is 4.61. The van der Waals surface area contributed by atoms with Crippen molar-refractivity contribution in [2.24, 2.45) is 23.2 Å². The fourth-order valence-electron chi connectivity index (χ4n) is 5.61. The normalized spacial score (nSPS) is 43.9. The summed E-state index contributed by atoms with van der Waals surface area (Å²) in [5.74, 6) is 2.64. The van der Waals surface area contributed by atoms with Crippen LogP contribution in [0.25, 0.3) is 0 Å². The Kier molecular flexibility index (Phi) is 2.98. The Morgan fingerprint density at radius 1 is 1.10 bits per heavy atom. The molecule has 20 heavy (non-hydrogen) atoms. The maximum atomic E-state index is 4.40. The molecular formula is C20H28. The topological polar surface area (TPSA) is 0 Å². The Labute approximate surface area is 124 Å². The van der Waals surface area contributed by atoms with Crippen molar-refractivity contribution in [3.8, 4) is 0 Å². The molecule has 4 unspecified atom stereocenters. The molecule has 2 saturated carbocycles. The molecule has 0 N–H and O–H groups in total. The largest absolute Gasteiger partial charge is 0.0993 e. The maximum Gasteiger partial charge on any atom is -0.00502 e. The first-order chi connectivity index (χ1) is 9.68. The van der Waals surface area contributed by atoms with Gasteiger partial charge in [-0.05, 0) is 80.1 Å². The summed E-state index contributed by atoms with van der Waals surface area (Å²) in [5, 5.41) is 0. The average Bonchev–Trinajstić information content (AvgIpc) is 2.66. The third kappa shape index (κ3) is 1.80. The minimum Gasteiger partial charge on any atom is -0.0993 e. The number of hydrogen-bond acceptors (Lipinski definition) is 0. The Bertz CT molecular complexity index is 492. The van der Waals surface area contributed by atoms with Gasteiger partial charge in [0.15, 0.2) is 0 Å². The molecule has 108 valence electrons. The van der Waals surface area contributed by atoms with Crippen LogP contribution in [0.3, 0.4) is 0 Å². The summed E-state index contributed by atoms with van der Waals surface area (Å²) in [6.45, 7) is 6.89. The summed E-state index contributed by atoms with van der Waals surface area (Å²) >= 11 is 0. The zero-order valence-electron chi connectivity index (χ0n) is 13.0. The highest BCUT2D eigenvalue weighted by molar-refractivity contribution is 5.36. The highest BCUT2D eigenvalue weighted by Crippen LogP contribution is 2.58. The minimum atomic E-state index is 0.419. The van der Waals surface area contributed by atoms with Gasteiger partial charge < -0.3 is 0 Å². The van der Waals surface area contributed by atoms with Gasteiger partial charge in [-0.2, -0.15) is 0 Å². The highest BCUT2D eigenvalue weighted by atomic mass is 14.5. The van der Waals surface area contributed by atoms with Gasteiger partial charge in [-0.3, -0.25) is 0 Å². The van der Waals surface area contributed by atoms with E-state index < -0.39 is 0 Å². The third-order valence-corrected chi connectivity index (χ3v) is 7.03. The van der Waals surface area contributed by atoms with Gasteiger partial charge in [0.25, 0.3) is 0 Å². The SMILES string of the molecule is C=C1CCC2C3CCC4CCCCC4=CC3=CCC12C. The van der Waals surface area contributed by atoms with Crippen LogP contribution in [-0.2, 0) is 0 Å². The van der Waals surface area contributed by atoms with Crippen molar-refractivity contribution in [3.05, 3.63) is 35.5 Å². The molecular weight excluding hydrogens is 240 g/mol. The Balaban J connectivity index is 1.69. The third-order valence-electron chi connectivity index (χ3n) is 7.03. The molecule has 0 heterocycles. The lowest BCUT2D eigenvalue weighted by Crippen LogP contribution is -2.33. The number of rotatable bonds is 0. The summed E-state index contributed by atoms with van der Waals surface area (Å²) in [6, 6.07) is 0. The molecule has 0 aromatic heterocycles. The van der Waals surface area contributed by atoms with Gasteiger partial charge in [-0.1, -0.05) is 43.2 Å². The van der Waals surface area contributed by atoms with Crippen LogP contribution in [-0.4, -0.2) is 0 Å². The van der Waals surface area contributed by atoms with Crippen LogP contribution >= 0.6 is 0 Å². The molecule has 0 heteroatoms. The van der Waals surface area contributed by atoms with Crippen molar-refractivity contribution in [3.63, 3.8) is 0 Å². The second-order valence-electron chi connectivity index (χ2n) is 7.92. The Morgan fingerprint density at radius 3 is 2.90 bits per heavy atom. The molecule has 0 amide bonds. The molecule has 4 rings (SSSR count). The number of allylic oxidation sites excluding steroid dienone is 5. The van der Waals surface area contributed by atoms with E-state index in [1.807, 2.05) is 0 Å². The molecule has 0 bridgehead atoms. The predicted molar refractivity (Wildman–Crippen MR) is 85.4 cm³/mol. The molecule has 0 aliphatic heterocycles. The van der Waals surface area contributed by atoms with Gasteiger partial charge in [-0.15, -0.1) is 0 Å². The maximum absolute atomic E-state index is 4.40. The van der Waals surface area contributed by atoms with Gasteiger partial charge in [0, 0.05) is 0 Å². The fourth-order valence-corrected chi connectivity index (χ4v) is 5.61. The summed E-state index contributed by atoms with van der Waals surface area (Å²) in [6.07, 6.45) is 17.8. The number of hydrogen-bond donors (Lipinski definition) is 0. The molecule has 0 saturated heterocycles. The molecule has 2 fully saturated rings. The van der Waals surface area contributed by atoms with Crippen molar-refractivity contribution in [2.75, 3.05) is 0 Å². The van der Waals surface area contributed by atoms with Crippen molar-refractivity contribution >= 4 is 0 Å². The van der Waals surface area contributed by atoms with Crippen LogP contribution in [0.5, 0.6) is 0 Å². The van der Waals surface area contributed by atoms with E-state index in [1.54, 1.807) is 11.1 Å². The van der Waals surface area contributed by atoms with Crippen molar-refractivity contribution in [2.45, 2.75) is 64.7 Å². The van der Waals surface area contributed by atoms with Crippen molar-refractivity contribution < 1.29 is 0 Å². The summed E-state index contributed by atoms with van der Waals surface area (Å²) in [4.78, 5) is 0. The molecule has 0 spiro atoms. The van der Waals surface area contributed by atoms with Crippen molar-refractivity contribution in [1.29, 1.82) is 0 Å². The molecule has 0 nitrogen and oxygen atoms in total. The van der Waals surface area contributed by atoms with Crippen LogP contribution in [0.2, 0.25) is 0 Å². The van der Waals surface area contributed by atoms with E-state index in [9.17, 15) is 0 Å².